The Labute approximate surface area is 228 Å². The first kappa shape index (κ1) is 29.8. The Hall–Kier alpha value is -2.75. The van der Waals surface area contributed by atoms with Crippen LogP contribution in [0.25, 0.3) is 0 Å². The van der Waals surface area contributed by atoms with Crippen molar-refractivity contribution < 1.29 is 9.59 Å². The molecule has 9 nitrogen and oxygen atoms in total. The first-order valence-electron chi connectivity index (χ1n) is 13.8. The topological polar surface area (TPSA) is 120 Å². The van der Waals surface area contributed by atoms with E-state index >= 15 is 0 Å². The van der Waals surface area contributed by atoms with Crippen molar-refractivity contribution in [1.29, 1.82) is 0 Å². The molecule has 2 aliphatic heterocycles. The zero-order valence-corrected chi connectivity index (χ0v) is 23.8. The first-order chi connectivity index (χ1) is 18.0. The molecule has 0 radical (unpaired) electrons. The van der Waals surface area contributed by atoms with Gasteiger partial charge >= 0.3 is 0 Å². The molecule has 210 valence electrons. The van der Waals surface area contributed by atoms with E-state index in [1.54, 1.807) is 31.0 Å². The molecular formula is C29H47N7O2. The lowest BCUT2D eigenvalue weighted by atomic mass is 9.95. The second-order valence-electron chi connectivity index (χ2n) is 11.7. The minimum absolute atomic E-state index is 0.0500. The van der Waals surface area contributed by atoms with E-state index in [-0.39, 0.29) is 5.91 Å². The van der Waals surface area contributed by atoms with Gasteiger partial charge in [-0.05, 0) is 68.3 Å². The third-order valence-corrected chi connectivity index (χ3v) is 7.80. The standard InChI is InChI=1S/C29H47N7O2/c1-21(2)26(36-18-22(3)24(17-30)19-36)16-23-6-8-25(9-7-23)33-27(10-11-32-20-37)34-12-14-35(15-13-34)28(38)29(4,5)31/h6-11,20-22,24,26H,12-19,30-31H2,1-5H3,(H,32,37)/b11-10-,33-27+/t22?,24-,26?/m1/s1. The second kappa shape index (κ2) is 13.4. The molecule has 0 bridgehead atoms. The summed E-state index contributed by atoms with van der Waals surface area (Å²) in [6, 6.07) is 8.92. The molecule has 2 saturated heterocycles. The molecule has 38 heavy (non-hydrogen) atoms. The van der Waals surface area contributed by atoms with Crippen LogP contribution >= 0.6 is 0 Å². The van der Waals surface area contributed by atoms with Crippen LogP contribution < -0.4 is 16.8 Å². The summed E-state index contributed by atoms with van der Waals surface area (Å²) in [4.78, 5) is 34.8. The summed E-state index contributed by atoms with van der Waals surface area (Å²) in [7, 11) is 0. The summed E-state index contributed by atoms with van der Waals surface area (Å²) >= 11 is 0. The molecule has 3 atom stereocenters. The molecule has 1 aromatic carbocycles. The predicted octanol–water partition coefficient (Wildman–Crippen LogP) is 1.95. The van der Waals surface area contributed by atoms with Gasteiger partial charge in [-0.15, -0.1) is 0 Å². The fourth-order valence-corrected chi connectivity index (χ4v) is 5.44. The third-order valence-electron chi connectivity index (χ3n) is 7.80. The number of amides is 2. The van der Waals surface area contributed by atoms with Gasteiger partial charge in [0.15, 0.2) is 0 Å². The van der Waals surface area contributed by atoms with E-state index in [1.807, 2.05) is 0 Å². The van der Waals surface area contributed by atoms with E-state index in [1.165, 1.54) is 5.56 Å². The van der Waals surface area contributed by atoms with Crippen LogP contribution in [-0.2, 0) is 16.0 Å². The minimum atomic E-state index is -0.887. The molecule has 2 amide bonds. The Kier molecular flexibility index (Phi) is 10.5. The average Bonchev–Trinajstić information content (AvgIpc) is 3.26. The number of hydrogen-bond acceptors (Lipinski definition) is 6. The van der Waals surface area contributed by atoms with Crippen molar-refractivity contribution in [3.63, 3.8) is 0 Å². The summed E-state index contributed by atoms with van der Waals surface area (Å²) in [6.45, 7) is 15.8. The summed E-state index contributed by atoms with van der Waals surface area (Å²) in [5.74, 6) is 2.46. The monoisotopic (exact) mass is 525 g/mol. The fraction of sp³-hybridized carbons (Fsp3) is 0.621. The molecule has 3 rings (SSSR count). The lowest BCUT2D eigenvalue weighted by Crippen LogP contribution is -2.57. The normalized spacial score (nSPS) is 22.4. The lowest BCUT2D eigenvalue weighted by molar-refractivity contribution is -0.137. The number of nitrogens with zero attached hydrogens (tertiary/aromatic N) is 4. The molecular weight excluding hydrogens is 478 g/mol. The Balaban J connectivity index is 1.71. The molecule has 0 aliphatic carbocycles. The molecule has 2 fully saturated rings. The number of likely N-dealkylation sites (tertiary alicyclic amines) is 1. The van der Waals surface area contributed by atoms with Gasteiger partial charge in [0.2, 0.25) is 12.3 Å². The molecule has 2 aliphatic rings. The van der Waals surface area contributed by atoms with Gasteiger partial charge in [0.25, 0.3) is 0 Å². The van der Waals surface area contributed by atoms with Crippen LogP contribution in [0.15, 0.2) is 41.5 Å². The molecule has 2 unspecified atom stereocenters. The van der Waals surface area contributed by atoms with Crippen molar-refractivity contribution in [2.24, 2.45) is 34.2 Å². The van der Waals surface area contributed by atoms with E-state index in [0.717, 1.165) is 37.6 Å². The van der Waals surface area contributed by atoms with Crippen molar-refractivity contribution in [1.82, 2.24) is 20.0 Å². The SMILES string of the molecule is CC(C)C(Cc1ccc(/N=C(\C=C/NC=O)N2CCN(C(=O)C(C)(C)N)CC2)cc1)N1CC(C)[C@H](CN)C1. The van der Waals surface area contributed by atoms with Gasteiger partial charge in [-0.1, -0.05) is 32.9 Å². The summed E-state index contributed by atoms with van der Waals surface area (Å²) in [6.07, 6.45) is 5.00. The van der Waals surface area contributed by atoms with Crippen LogP contribution in [-0.4, -0.2) is 90.2 Å². The van der Waals surface area contributed by atoms with Crippen molar-refractivity contribution in [3.8, 4) is 0 Å². The zero-order valence-electron chi connectivity index (χ0n) is 23.8. The van der Waals surface area contributed by atoms with Gasteiger partial charge < -0.3 is 26.6 Å². The maximum atomic E-state index is 12.6. The zero-order chi connectivity index (χ0) is 27.9. The predicted molar refractivity (Wildman–Crippen MR) is 154 cm³/mol. The van der Waals surface area contributed by atoms with Crippen molar-refractivity contribution in [2.75, 3.05) is 45.8 Å². The summed E-state index contributed by atoms with van der Waals surface area (Å²) in [5, 5.41) is 2.57. The van der Waals surface area contributed by atoms with Gasteiger partial charge in [0.05, 0.1) is 11.2 Å². The average molecular weight is 526 g/mol. The molecule has 1 aromatic rings. The van der Waals surface area contributed by atoms with Gasteiger partial charge in [-0.25, -0.2) is 4.99 Å². The fourth-order valence-electron chi connectivity index (χ4n) is 5.44. The number of carbonyl (C=O) groups excluding carboxylic acids is 2. The Bertz CT molecular complexity index is 976. The molecule has 0 aromatic heterocycles. The van der Waals surface area contributed by atoms with Crippen molar-refractivity contribution >= 4 is 23.8 Å². The van der Waals surface area contributed by atoms with Gasteiger partial charge in [-0.3, -0.25) is 14.5 Å². The maximum absolute atomic E-state index is 12.6. The number of carbonyl (C=O) groups is 2. The second-order valence-corrected chi connectivity index (χ2v) is 11.7. The van der Waals surface area contributed by atoms with Gasteiger partial charge in [-0.2, -0.15) is 0 Å². The van der Waals surface area contributed by atoms with Gasteiger partial charge in [0.1, 0.15) is 5.84 Å². The van der Waals surface area contributed by atoms with Crippen LogP contribution in [0.4, 0.5) is 5.69 Å². The molecule has 2 heterocycles. The highest BCUT2D eigenvalue weighted by Crippen LogP contribution is 2.28. The van der Waals surface area contributed by atoms with Crippen molar-refractivity contribution in [3.05, 3.63) is 42.1 Å². The van der Waals surface area contributed by atoms with E-state index in [9.17, 15) is 9.59 Å². The van der Waals surface area contributed by atoms with E-state index in [4.69, 9.17) is 16.5 Å². The number of nitrogens with two attached hydrogens (primary N) is 2. The molecule has 5 N–H and O–H groups in total. The Morgan fingerprint density at radius 3 is 2.29 bits per heavy atom. The number of rotatable bonds is 10. The number of aliphatic imine (C=N–C) groups is 1. The highest BCUT2D eigenvalue weighted by atomic mass is 16.2. The highest BCUT2D eigenvalue weighted by Gasteiger charge is 2.34. The van der Waals surface area contributed by atoms with Gasteiger partial charge in [0, 0.05) is 51.5 Å². The number of hydrogen-bond donors (Lipinski definition) is 3. The molecule has 9 heteroatoms. The quantitative estimate of drug-likeness (QED) is 0.244. The van der Waals surface area contributed by atoms with Crippen LogP contribution in [0.1, 0.15) is 40.2 Å². The highest BCUT2D eigenvalue weighted by molar-refractivity contribution is 5.95. The smallest absolute Gasteiger partial charge is 0.242 e. The molecule has 0 saturated carbocycles. The Morgan fingerprint density at radius 2 is 1.76 bits per heavy atom. The van der Waals surface area contributed by atoms with E-state index in [2.05, 4.69) is 60.2 Å². The number of nitrogens with one attached hydrogen (secondary N) is 1. The number of amidine groups is 1. The summed E-state index contributed by atoms with van der Waals surface area (Å²) in [5.41, 5.74) is 13.3. The van der Waals surface area contributed by atoms with E-state index in [0.29, 0.717) is 56.4 Å². The number of benzene rings is 1. The first-order valence-corrected chi connectivity index (χ1v) is 13.8. The minimum Gasteiger partial charge on any atom is -0.353 e. The van der Waals surface area contributed by atoms with Crippen LogP contribution in [0.3, 0.4) is 0 Å². The van der Waals surface area contributed by atoms with E-state index < -0.39 is 5.54 Å². The third kappa shape index (κ3) is 7.88. The Morgan fingerprint density at radius 1 is 1.13 bits per heavy atom. The largest absolute Gasteiger partial charge is 0.353 e. The maximum Gasteiger partial charge on any atom is 0.242 e. The van der Waals surface area contributed by atoms with Crippen LogP contribution in [0.5, 0.6) is 0 Å². The van der Waals surface area contributed by atoms with Crippen LogP contribution in [0, 0.1) is 17.8 Å². The summed E-state index contributed by atoms with van der Waals surface area (Å²) < 4.78 is 0. The van der Waals surface area contributed by atoms with Crippen LogP contribution in [0.2, 0.25) is 0 Å². The number of piperazine rings is 1. The lowest BCUT2D eigenvalue weighted by Gasteiger charge is -2.38. The molecule has 0 spiro atoms. The van der Waals surface area contributed by atoms with Crippen molar-refractivity contribution in [2.45, 2.75) is 52.6 Å².